The lowest BCUT2D eigenvalue weighted by molar-refractivity contribution is -0.187. The van der Waals surface area contributed by atoms with Gasteiger partial charge < -0.3 is 10.0 Å². The number of aliphatic carboxylic acids is 1. The van der Waals surface area contributed by atoms with E-state index in [9.17, 15) is 18.0 Å². The maximum absolute atomic E-state index is 13.0. The lowest BCUT2D eigenvalue weighted by atomic mass is 9.96. The van der Waals surface area contributed by atoms with Crippen LogP contribution in [0.2, 0.25) is 0 Å². The second-order valence-corrected chi connectivity index (χ2v) is 6.22. The molecule has 0 radical (unpaired) electrons. The predicted molar refractivity (Wildman–Crippen MR) is 80.4 cm³/mol. The van der Waals surface area contributed by atoms with E-state index in [0.29, 0.717) is 10.8 Å². The minimum Gasteiger partial charge on any atom is -0.481 e. The molecule has 8 heteroatoms. The number of hydrogen-bond donors (Lipinski definition) is 1. The Morgan fingerprint density at radius 3 is 2.52 bits per heavy atom. The molecule has 1 saturated heterocycles. The fourth-order valence-electron chi connectivity index (χ4n) is 2.69. The monoisotopic (exact) mass is 342 g/mol. The van der Waals surface area contributed by atoms with Crippen LogP contribution in [0.4, 0.5) is 18.3 Å². The van der Waals surface area contributed by atoms with Crippen LogP contribution < -0.4 is 4.90 Å². The normalized spacial score (nSPS) is 21.6. The molecular formula is C15H13F3N2O2S. The Kier molecular flexibility index (Phi) is 4.01. The number of nitrogens with zero attached hydrogens (tertiary/aromatic N) is 2. The van der Waals surface area contributed by atoms with Crippen LogP contribution in [0.15, 0.2) is 35.7 Å². The Morgan fingerprint density at radius 1 is 1.26 bits per heavy atom. The molecule has 0 bridgehead atoms. The van der Waals surface area contributed by atoms with Crippen molar-refractivity contribution in [2.24, 2.45) is 11.8 Å². The Bertz CT molecular complexity index is 702. The van der Waals surface area contributed by atoms with Gasteiger partial charge in [0.15, 0.2) is 5.13 Å². The maximum atomic E-state index is 13.0. The average molecular weight is 342 g/mol. The molecule has 0 aliphatic carbocycles. The molecule has 0 unspecified atom stereocenters. The highest BCUT2D eigenvalue weighted by molar-refractivity contribution is 7.14. The van der Waals surface area contributed by atoms with E-state index in [1.54, 1.807) is 5.38 Å². The lowest BCUT2D eigenvalue weighted by Gasteiger charge is -2.17. The standard InChI is InChI=1S/C15H13F3N2O2S/c16-15(17,18)11-7-20(6-10(11)13(21)22)14-19-12(8-23-14)9-4-2-1-3-5-9/h1-5,8,10-11H,6-7H2,(H,21,22)/t10-,11-/m1/s1. The summed E-state index contributed by atoms with van der Waals surface area (Å²) in [4.78, 5) is 16.9. The predicted octanol–water partition coefficient (Wildman–Crippen LogP) is 3.51. The Balaban J connectivity index is 1.83. The zero-order chi connectivity index (χ0) is 16.6. The van der Waals surface area contributed by atoms with Gasteiger partial charge in [-0.3, -0.25) is 4.79 Å². The summed E-state index contributed by atoms with van der Waals surface area (Å²) in [6.45, 7) is -0.552. The third-order valence-electron chi connectivity index (χ3n) is 3.89. The molecule has 2 aromatic rings. The summed E-state index contributed by atoms with van der Waals surface area (Å²) in [5.74, 6) is -4.75. The van der Waals surface area contributed by atoms with Crippen molar-refractivity contribution in [1.82, 2.24) is 4.98 Å². The highest BCUT2D eigenvalue weighted by Gasteiger charge is 2.53. The first kappa shape index (κ1) is 15.8. The van der Waals surface area contributed by atoms with E-state index in [-0.39, 0.29) is 13.1 Å². The van der Waals surface area contributed by atoms with Crippen molar-refractivity contribution >= 4 is 22.4 Å². The number of aromatic nitrogens is 1. The van der Waals surface area contributed by atoms with E-state index >= 15 is 0 Å². The zero-order valence-electron chi connectivity index (χ0n) is 11.8. The van der Waals surface area contributed by atoms with Crippen molar-refractivity contribution in [2.75, 3.05) is 18.0 Å². The van der Waals surface area contributed by atoms with Gasteiger partial charge in [-0.1, -0.05) is 30.3 Å². The molecule has 0 saturated carbocycles. The van der Waals surface area contributed by atoms with Gasteiger partial charge >= 0.3 is 12.1 Å². The summed E-state index contributed by atoms with van der Waals surface area (Å²) in [5.41, 5.74) is 1.55. The van der Waals surface area contributed by atoms with Gasteiger partial charge in [-0.05, 0) is 0 Å². The molecule has 1 aromatic heterocycles. The number of thiazole rings is 1. The molecule has 1 aliphatic heterocycles. The van der Waals surface area contributed by atoms with E-state index < -0.39 is 24.0 Å². The van der Waals surface area contributed by atoms with Crippen LogP contribution in [0, 0.1) is 11.8 Å². The van der Waals surface area contributed by atoms with Gasteiger partial charge in [0.25, 0.3) is 0 Å². The first-order chi connectivity index (χ1) is 10.9. The van der Waals surface area contributed by atoms with Crippen LogP contribution in [0.5, 0.6) is 0 Å². The largest absolute Gasteiger partial charge is 0.481 e. The number of carboxylic acid groups (broad SMARTS) is 1. The van der Waals surface area contributed by atoms with Crippen molar-refractivity contribution in [3.05, 3.63) is 35.7 Å². The number of benzene rings is 1. The van der Waals surface area contributed by atoms with Gasteiger partial charge in [-0.2, -0.15) is 13.2 Å². The van der Waals surface area contributed by atoms with Crippen molar-refractivity contribution in [1.29, 1.82) is 0 Å². The van der Waals surface area contributed by atoms with Crippen LogP contribution in [0.1, 0.15) is 0 Å². The second-order valence-electron chi connectivity index (χ2n) is 5.38. The van der Waals surface area contributed by atoms with E-state index in [1.807, 2.05) is 30.3 Å². The fourth-order valence-corrected chi connectivity index (χ4v) is 3.55. The van der Waals surface area contributed by atoms with Gasteiger partial charge in [0.2, 0.25) is 0 Å². The summed E-state index contributed by atoms with van der Waals surface area (Å²) in [6.07, 6.45) is -4.53. The number of anilines is 1. The van der Waals surface area contributed by atoms with Gasteiger partial charge in [0.05, 0.1) is 17.5 Å². The topological polar surface area (TPSA) is 53.4 Å². The number of halogens is 3. The minimum absolute atomic E-state index is 0.179. The van der Waals surface area contributed by atoms with Crippen LogP contribution in [-0.4, -0.2) is 35.3 Å². The summed E-state index contributed by atoms with van der Waals surface area (Å²) in [7, 11) is 0. The van der Waals surface area contributed by atoms with Crippen LogP contribution in [0.25, 0.3) is 11.3 Å². The molecule has 1 N–H and O–H groups in total. The molecule has 3 rings (SSSR count). The third-order valence-corrected chi connectivity index (χ3v) is 4.79. The molecule has 1 aromatic carbocycles. The van der Waals surface area contributed by atoms with E-state index in [1.165, 1.54) is 16.2 Å². The maximum Gasteiger partial charge on any atom is 0.394 e. The highest BCUT2D eigenvalue weighted by Crippen LogP contribution is 2.40. The van der Waals surface area contributed by atoms with Gasteiger partial charge in [0, 0.05) is 24.0 Å². The van der Waals surface area contributed by atoms with Crippen molar-refractivity contribution in [2.45, 2.75) is 6.18 Å². The Labute approximate surface area is 134 Å². The number of alkyl halides is 3. The molecule has 4 nitrogen and oxygen atoms in total. The van der Waals surface area contributed by atoms with Crippen LogP contribution in [0.3, 0.4) is 0 Å². The molecule has 0 amide bonds. The lowest BCUT2D eigenvalue weighted by Crippen LogP contribution is -2.33. The highest BCUT2D eigenvalue weighted by atomic mass is 32.1. The summed E-state index contributed by atoms with van der Waals surface area (Å²) in [5, 5.41) is 11.2. The van der Waals surface area contributed by atoms with Crippen LogP contribution >= 0.6 is 11.3 Å². The second kappa shape index (κ2) is 5.84. The molecule has 23 heavy (non-hydrogen) atoms. The molecule has 122 valence electrons. The molecule has 2 heterocycles. The van der Waals surface area contributed by atoms with Crippen molar-refractivity contribution in [3.63, 3.8) is 0 Å². The van der Waals surface area contributed by atoms with Gasteiger partial charge in [0.1, 0.15) is 0 Å². The number of carbonyl (C=O) groups is 1. The number of carboxylic acids is 1. The summed E-state index contributed by atoms with van der Waals surface area (Å²) in [6, 6.07) is 9.29. The quantitative estimate of drug-likeness (QED) is 0.927. The molecular weight excluding hydrogens is 329 g/mol. The van der Waals surface area contributed by atoms with Gasteiger partial charge in [-0.15, -0.1) is 11.3 Å². The molecule has 1 aliphatic rings. The van der Waals surface area contributed by atoms with Crippen LogP contribution in [-0.2, 0) is 4.79 Å². The van der Waals surface area contributed by atoms with Crippen molar-refractivity contribution < 1.29 is 23.1 Å². The SMILES string of the molecule is O=C(O)[C@@H]1CN(c2nc(-c3ccccc3)cs2)C[C@H]1C(F)(F)F. The summed E-state index contributed by atoms with van der Waals surface area (Å²) >= 11 is 1.22. The van der Waals surface area contributed by atoms with Crippen molar-refractivity contribution in [3.8, 4) is 11.3 Å². The van der Waals surface area contributed by atoms with Gasteiger partial charge in [-0.25, -0.2) is 4.98 Å². The molecule has 0 spiro atoms. The molecule has 2 atom stereocenters. The molecule has 1 fully saturated rings. The Morgan fingerprint density at radius 2 is 1.96 bits per heavy atom. The Hall–Kier alpha value is -2.09. The smallest absolute Gasteiger partial charge is 0.394 e. The first-order valence-electron chi connectivity index (χ1n) is 6.91. The zero-order valence-corrected chi connectivity index (χ0v) is 12.6. The van der Waals surface area contributed by atoms with E-state index in [4.69, 9.17) is 5.11 Å². The average Bonchev–Trinajstić information content (AvgIpc) is 3.14. The third kappa shape index (κ3) is 3.17. The number of hydrogen-bond acceptors (Lipinski definition) is 4. The van der Waals surface area contributed by atoms with E-state index in [2.05, 4.69) is 4.98 Å². The minimum atomic E-state index is -4.53. The first-order valence-corrected chi connectivity index (χ1v) is 7.79. The summed E-state index contributed by atoms with van der Waals surface area (Å²) < 4.78 is 39.1. The van der Waals surface area contributed by atoms with E-state index in [0.717, 1.165) is 5.56 Å². The number of rotatable bonds is 3. The fraction of sp³-hybridized carbons (Fsp3) is 0.333.